The largest absolute Gasteiger partial charge is 0.450 e. The summed E-state index contributed by atoms with van der Waals surface area (Å²) in [5, 5.41) is 0.363. The normalized spacial score (nSPS) is 20.7. The minimum Gasteiger partial charge on any atom is -0.450 e. The van der Waals surface area contributed by atoms with Gasteiger partial charge in [-0.3, -0.25) is 14.4 Å². The minimum absolute atomic E-state index is 0.0564. The van der Waals surface area contributed by atoms with Crippen molar-refractivity contribution in [3.63, 3.8) is 0 Å². The molecule has 0 aliphatic carbocycles. The molecular weight excluding hydrogens is 344 g/mol. The lowest BCUT2D eigenvalue weighted by molar-refractivity contribution is -0.125. The molecule has 6 heteroatoms. The molecule has 0 unspecified atom stereocenters. The first-order valence-electron chi connectivity index (χ1n) is 8.62. The summed E-state index contributed by atoms with van der Waals surface area (Å²) in [5.41, 5.74) is 0.836. The van der Waals surface area contributed by atoms with Gasteiger partial charge in [0.05, 0.1) is 10.9 Å². The first kappa shape index (κ1) is 15.8. The number of amides is 2. The quantitative estimate of drug-likeness (QED) is 0.617. The molecule has 2 aliphatic rings. The maximum Gasteiger partial charge on any atom is 0.291 e. The fourth-order valence-electron chi connectivity index (χ4n) is 4.36. The van der Waals surface area contributed by atoms with Crippen molar-refractivity contribution in [2.45, 2.75) is 12.5 Å². The molecule has 2 aromatic carbocycles. The van der Waals surface area contributed by atoms with E-state index < -0.39 is 11.4 Å². The van der Waals surface area contributed by atoms with Crippen LogP contribution in [-0.4, -0.2) is 30.8 Å². The number of carbonyl (C=O) groups excluding carboxylic acids is 2. The van der Waals surface area contributed by atoms with Crippen LogP contribution in [0.5, 0.6) is 0 Å². The van der Waals surface area contributed by atoms with Crippen molar-refractivity contribution in [3.8, 4) is 0 Å². The zero-order valence-corrected chi connectivity index (χ0v) is 15.1. The molecule has 6 nitrogen and oxygen atoms in total. The van der Waals surface area contributed by atoms with Gasteiger partial charge in [-0.2, -0.15) is 0 Å². The molecule has 1 spiro atoms. The number of hydrogen-bond donors (Lipinski definition) is 0. The monoisotopic (exact) mass is 360 g/mol. The Balaban J connectivity index is 1.97. The van der Waals surface area contributed by atoms with Crippen molar-refractivity contribution in [1.29, 1.82) is 0 Å². The molecule has 27 heavy (non-hydrogen) atoms. The molecule has 0 fully saturated rings. The molecule has 1 aromatic heterocycles. The Kier molecular flexibility index (Phi) is 2.84. The molecule has 2 aliphatic heterocycles. The van der Waals surface area contributed by atoms with E-state index in [0.717, 1.165) is 5.56 Å². The summed E-state index contributed by atoms with van der Waals surface area (Å²) in [7, 11) is 3.19. The molecule has 134 valence electrons. The number of rotatable bonds is 0. The molecule has 1 atom stereocenters. The van der Waals surface area contributed by atoms with Gasteiger partial charge in [0, 0.05) is 25.3 Å². The number of carbonyl (C=O) groups is 2. The van der Waals surface area contributed by atoms with Gasteiger partial charge in [-0.1, -0.05) is 24.3 Å². The molecule has 0 N–H and O–H groups in total. The van der Waals surface area contributed by atoms with E-state index in [2.05, 4.69) is 0 Å². The Labute approximate surface area is 154 Å². The van der Waals surface area contributed by atoms with E-state index in [1.54, 1.807) is 38.4 Å². The van der Waals surface area contributed by atoms with E-state index in [-0.39, 0.29) is 22.7 Å². The number of nitrogens with zero attached hydrogens (tertiary/aromatic N) is 2. The predicted molar refractivity (Wildman–Crippen MR) is 99.9 cm³/mol. The predicted octanol–water partition coefficient (Wildman–Crippen LogP) is 2.41. The number of fused-ring (bicyclic) bond motifs is 5. The van der Waals surface area contributed by atoms with Gasteiger partial charge in [-0.15, -0.1) is 0 Å². The Bertz CT molecular complexity index is 1240. The average molecular weight is 360 g/mol. The molecule has 3 heterocycles. The van der Waals surface area contributed by atoms with Crippen molar-refractivity contribution >= 4 is 28.5 Å². The Morgan fingerprint density at radius 2 is 1.74 bits per heavy atom. The summed E-state index contributed by atoms with van der Waals surface area (Å²) in [5.74, 6) is -0.861. The van der Waals surface area contributed by atoms with Crippen LogP contribution < -0.4 is 10.3 Å². The van der Waals surface area contributed by atoms with Gasteiger partial charge in [0.15, 0.2) is 11.0 Å². The highest BCUT2D eigenvalue weighted by atomic mass is 16.3. The third kappa shape index (κ3) is 1.63. The van der Waals surface area contributed by atoms with Crippen LogP contribution in [-0.2, 0) is 10.3 Å². The Morgan fingerprint density at radius 3 is 2.52 bits per heavy atom. The van der Waals surface area contributed by atoms with Crippen LogP contribution in [0.4, 0.5) is 5.69 Å². The van der Waals surface area contributed by atoms with E-state index in [4.69, 9.17) is 4.42 Å². The van der Waals surface area contributed by atoms with Gasteiger partial charge in [0.2, 0.25) is 5.76 Å². The first-order chi connectivity index (χ1) is 12.9. The van der Waals surface area contributed by atoms with Gasteiger partial charge in [-0.05, 0) is 30.7 Å². The number of benzene rings is 2. The van der Waals surface area contributed by atoms with Gasteiger partial charge >= 0.3 is 0 Å². The van der Waals surface area contributed by atoms with E-state index in [1.165, 1.54) is 9.80 Å². The standard InChI is InChI=1S/C21H16N2O4/c1-11-8-9-12-15(10-11)27-18-16(17(12)24)21(23(3)19(18)25)13-6-4-5-7-14(13)22(2)20(21)26/h4-10H,1-3H3/t21-/m0/s1. The van der Waals surface area contributed by atoms with Crippen molar-refractivity contribution in [1.82, 2.24) is 4.90 Å². The number of anilines is 1. The van der Waals surface area contributed by atoms with E-state index in [9.17, 15) is 14.4 Å². The lowest BCUT2D eigenvalue weighted by Crippen LogP contribution is -2.51. The summed E-state index contributed by atoms with van der Waals surface area (Å²) < 4.78 is 5.87. The lowest BCUT2D eigenvalue weighted by Gasteiger charge is -2.30. The summed E-state index contributed by atoms with van der Waals surface area (Å²) in [4.78, 5) is 42.7. The second-order valence-corrected chi connectivity index (χ2v) is 7.09. The second kappa shape index (κ2) is 4.85. The summed E-state index contributed by atoms with van der Waals surface area (Å²) >= 11 is 0. The Hall–Kier alpha value is -3.41. The van der Waals surface area contributed by atoms with Crippen molar-refractivity contribution in [2.75, 3.05) is 19.0 Å². The zero-order valence-electron chi connectivity index (χ0n) is 15.1. The number of hydrogen-bond acceptors (Lipinski definition) is 4. The van der Waals surface area contributed by atoms with Gasteiger partial charge < -0.3 is 14.2 Å². The molecule has 0 bridgehead atoms. The van der Waals surface area contributed by atoms with Crippen LogP contribution in [0.1, 0.15) is 27.2 Å². The lowest BCUT2D eigenvalue weighted by atomic mass is 9.84. The number of aryl methyl sites for hydroxylation is 1. The summed E-state index contributed by atoms with van der Waals surface area (Å²) in [6, 6.07) is 12.4. The van der Waals surface area contributed by atoms with Crippen molar-refractivity contribution in [2.24, 2.45) is 0 Å². The third-order valence-corrected chi connectivity index (χ3v) is 5.68. The summed E-state index contributed by atoms with van der Waals surface area (Å²) in [6.45, 7) is 1.88. The van der Waals surface area contributed by atoms with Gasteiger partial charge in [0.25, 0.3) is 11.8 Å². The second-order valence-electron chi connectivity index (χ2n) is 7.09. The van der Waals surface area contributed by atoms with Crippen LogP contribution in [0.15, 0.2) is 51.7 Å². The SMILES string of the molecule is Cc1ccc2c(=O)c3c(oc2c1)C(=O)N(C)[C@]31C(=O)N(C)c2ccccc21. The molecule has 0 saturated carbocycles. The smallest absolute Gasteiger partial charge is 0.291 e. The fraction of sp³-hybridized carbons (Fsp3) is 0.190. The molecule has 5 rings (SSSR count). The average Bonchev–Trinajstić information content (AvgIpc) is 3.02. The fourth-order valence-corrected chi connectivity index (χ4v) is 4.36. The molecule has 2 amide bonds. The highest BCUT2D eigenvalue weighted by molar-refractivity contribution is 6.16. The highest BCUT2D eigenvalue weighted by Gasteiger charge is 2.63. The van der Waals surface area contributed by atoms with Crippen LogP contribution in [0, 0.1) is 6.92 Å². The maximum absolute atomic E-state index is 13.4. The molecule has 0 saturated heterocycles. The minimum atomic E-state index is -1.49. The Morgan fingerprint density at radius 1 is 1.00 bits per heavy atom. The topological polar surface area (TPSA) is 70.8 Å². The van der Waals surface area contributed by atoms with Crippen LogP contribution >= 0.6 is 0 Å². The van der Waals surface area contributed by atoms with E-state index in [1.807, 2.05) is 25.1 Å². The van der Waals surface area contributed by atoms with Crippen LogP contribution in [0.25, 0.3) is 11.0 Å². The first-order valence-corrected chi connectivity index (χ1v) is 8.62. The number of likely N-dealkylation sites (N-methyl/N-ethyl adjacent to an activating group) is 2. The van der Waals surface area contributed by atoms with Gasteiger partial charge in [0.1, 0.15) is 5.58 Å². The number of para-hydroxylation sites is 1. The zero-order chi connectivity index (χ0) is 19.1. The molecular formula is C21H16N2O4. The van der Waals surface area contributed by atoms with E-state index in [0.29, 0.717) is 22.2 Å². The van der Waals surface area contributed by atoms with Gasteiger partial charge in [-0.25, -0.2) is 0 Å². The van der Waals surface area contributed by atoms with Crippen molar-refractivity contribution < 1.29 is 14.0 Å². The molecule has 3 aromatic rings. The third-order valence-electron chi connectivity index (χ3n) is 5.68. The van der Waals surface area contributed by atoms with Crippen LogP contribution in [0.2, 0.25) is 0 Å². The molecule has 0 radical (unpaired) electrons. The summed E-state index contributed by atoms with van der Waals surface area (Å²) in [6.07, 6.45) is 0. The maximum atomic E-state index is 13.4. The van der Waals surface area contributed by atoms with E-state index >= 15 is 0 Å². The van der Waals surface area contributed by atoms with Crippen molar-refractivity contribution in [3.05, 3.63) is 75.1 Å². The van der Waals surface area contributed by atoms with Crippen LogP contribution in [0.3, 0.4) is 0 Å². The highest BCUT2D eigenvalue weighted by Crippen LogP contribution is 2.51.